The van der Waals surface area contributed by atoms with Gasteiger partial charge in [0.1, 0.15) is 11.6 Å². The molecule has 0 aromatic heterocycles. The first-order chi connectivity index (χ1) is 11.1. The highest BCUT2D eigenvalue weighted by molar-refractivity contribution is 5.95. The highest BCUT2D eigenvalue weighted by atomic mass is 19.1. The molecule has 0 saturated heterocycles. The van der Waals surface area contributed by atoms with Gasteiger partial charge in [0.15, 0.2) is 0 Å². The zero-order chi connectivity index (χ0) is 16.4. The fraction of sp³-hybridized carbons (Fsp3) is 0.278. The first-order valence-corrected chi connectivity index (χ1v) is 7.65. The van der Waals surface area contributed by atoms with Crippen molar-refractivity contribution in [3.63, 3.8) is 0 Å². The molecule has 2 aromatic rings. The van der Waals surface area contributed by atoms with Crippen molar-refractivity contribution >= 4 is 11.6 Å². The van der Waals surface area contributed by atoms with Gasteiger partial charge in [0.05, 0.1) is 12.2 Å². The fourth-order valence-corrected chi connectivity index (χ4v) is 3.19. The Kier molecular flexibility index (Phi) is 4.39. The molecule has 2 N–H and O–H groups in total. The van der Waals surface area contributed by atoms with Crippen molar-refractivity contribution in [2.45, 2.75) is 18.8 Å². The van der Waals surface area contributed by atoms with Crippen LogP contribution in [0.3, 0.4) is 0 Å². The summed E-state index contributed by atoms with van der Waals surface area (Å²) in [6.45, 7) is 0.390. The van der Waals surface area contributed by atoms with E-state index in [9.17, 15) is 13.6 Å². The molecule has 0 spiro atoms. The Balaban J connectivity index is 2.09. The number of hydrogen-bond acceptors (Lipinski definition) is 2. The molecule has 1 amide bonds. The smallest absolute Gasteiger partial charge is 0.240 e. The lowest BCUT2D eigenvalue weighted by Crippen LogP contribution is -2.36. The van der Waals surface area contributed by atoms with Crippen molar-refractivity contribution in [1.29, 1.82) is 0 Å². The highest BCUT2D eigenvalue weighted by Crippen LogP contribution is 2.39. The van der Waals surface area contributed by atoms with Gasteiger partial charge in [0.2, 0.25) is 5.91 Å². The average Bonchev–Trinajstić information content (AvgIpc) is 2.74. The van der Waals surface area contributed by atoms with Crippen molar-refractivity contribution in [3.05, 3.63) is 65.2 Å². The highest BCUT2D eigenvalue weighted by Gasteiger charge is 2.27. The van der Waals surface area contributed by atoms with E-state index in [0.29, 0.717) is 12.2 Å². The molecule has 1 aliphatic rings. The second-order valence-electron chi connectivity index (χ2n) is 5.70. The minimum absolute atomic E-state index is 0.00164. The van der Waals surface area contributed by atoms with E-state index in [1.807, 2.05) is 0 Å². The van der Waals surface area contributed by atoms with Gasteiger partial charge in [0.25, 0.3) is 0 Å². The zero-order valence-corrected chi connectivity index (χ0v) is 12.6. The molecule has 1 atom stereocenters. The molecule has 23 heavy (non-hydrogen) atoms. The predicted octanol–water partition coefficient (Wildman–Crippen LogP) is 3.18. The van der Waals surface area contributed by atoms with Crippen LogP contribution < -0.4 is 10.6 Å². The maximum absolute atomic E-state index is 13.7. The largest absolute Gasteiger partial charge is 0.322 e. The molecule has 0 fully saturated rings. The molecule has 0 bridgehead atoms. The second kappa shape index (κ2) is 6.46. The van der Waals surface area contributed by atoms with Crippen LogP contribution in [0.4, 0.5) is 14.5 Å². The summed E-state index contributed by atoms with van der Waals surface area (Å²) in [7, 11) is 0. The van der Waals surface area contributed by atoms with Crippen LogP contribution in [0.15, 0.2) is 42.5 Å². The quantitative estimate of drug-likeness (QED) is 0.925. The van der Waals surface area contributed by atoms with Crippen LogP contribution >= 0.6 is 0 Å². The number of benzene rings is 2. The van der Waals surface area contributed by atoms with Crippen molar-refractivity contribution in [2.75, 3.05) is 18.0 Å². The number of carbonyl (C=O) groups excluding carboxylic acids is 1. The summed E-state index contributed by atoms with van der Waals surface area (Å²) < 4.78 is 26.9. The molecule has 1 aliphatic heterocycles. The van der Waals surface area contributed by atoms with Gasteiger partial charge in [-0.15, -0.1) is 0 Å². The summed E-state index contributed by atoms with van der Waals surface area (Å²) in [5, 5.41) is 0. The van der Waals surface area contributed by atoms with E-state index in [4.69, 9.17) is 5.73 Å². The van der Waals surface area contributed by atoms with Crippen molar-refractivity contribution in [3.8, 4) is 0 Å². The Morgan fingerprint density at radius 2 is 1.83 bits per heavy atom. The van der Waals surface area contributed by atoms with Gasteiger partial charge in [-0.25, -0.2) is 8.78 Å². The number of nitrogens with two attached hydrogens (primary N) is 1. The Labute approximate surface area is 133 Å². The van der Waals surface area contributed by atoms with Gasteiger partial charge in [-0.3, -0.25) is 4.79 Å². The van der Waals surface area contributed by atoms with Gasteiger partial charge in [-0.2, -0.15) is 0 Å². The number of hydrogen-bond donors (Lipinski definition) is 1. The summed E-state index contributed by atoms with van der Waals surface area (Å²) in [5.74, 6) is -0.904. The van der Waals surface area contributed by atoms with Crippen molar-refractivity contribution < 1.29 is 13.6 Å². The molecule has 3 rings (SSSR count). The Morgan fingerprint density at radius 3 is 2.52 bits per heavy atom. The number of rotatable bonds is 2. The van der Waals surface area contributed by atoms with Gasteiger partial charge >= 0.3 is 0 Å². The van der Waals surface area contributed by atoms with Crippen LogP contribution in [0.5, 0.6) is 0 Å². The van der Waals surface area contributed by atoms with E-state index in [0.717, 1.165) is 24.0 Å². The SMILES string of the molecule is NCC(=O)N1CCCC(c2ccc(F)cc2)c2ccc(F)cc21. The van der Waals surface area contributed by atoms with E-state index in [-0.39, 0.29) is 24.2 Å². The van der Waals surface area contributed by atoms with Crippen LogP contribution in [-0.4, -0.2) is 19.0 Å². The summed E-state index contributed by atoms with van der Waals surface area (Å²) in [4.78, 5) is 13.7. The van der Waals surface area contributed by atoms with Gasteiger partial charge in [-0.05, 0) is 48.2 Å². The first-order valence-electron chi connectivity index (χ1n) is 7.65. The fourth-order valence-electron chi connectivity index (χ4n) is 3.19. The Bertz CT molecular complexity index is 715. The third kappa shape index (κ3) is 3.10. The molecule has 3 nitrogen and oxygen atoms in total. The molecule has 0 radical (unpaired) electrons. The molecule has 120 valence electrons. The summed E-state index contributed by atoms with van der Waals surface area (Å²) in [5.41, 5.74) is 7.88. The lowest BCUT2D eigenvalue weighted by molar-refractivity contribution is -0.117. The first kappa shape index (κ1) is 15.6. The molecular formula is C18H18F2N2O. The van der Waals surface area contributed by atoms with E-state index >= 15 is 0 Å². The molecule has 5 heteroatoms. The van der Waals surface area contributed by atoms with Crippen LogP contribution in [0.25, 0.3) is 0 Å². The molecule has 1 unspecified atom stereocenters. The predicted molar refractivity (Wildman–Crippen MR) is 85.3 cm³/mol. The van der Waals surface area contributed by atoms with Crippen LogP contribution in [0.2, 0.25) is 0 Å². The molecule has 2 aromatic carbocycles. The van der Waals surface area contributed by atoms with E-state index < -0.39 is 5.82 Å². The topological polar surface area (TPSA) is 46.3 Å². The van der Waals surface area contributed by atoms with Crippen molar-refractivity contribution in [2.24, 2.45) is 5.73 Å². The number of nitrogens with zero attached hydrogens (tertiary/aromatic N) is 1. The maximum Gasteiger partial charge on any atom is 0.240 e. The molecule has 0 aliphatic carbocycles. The summed E-state index contributed by atoms with van der Waals surface area (Å²) in [6, 6.07) is 10.8. The van der Waals surface area contributed by atoms with E-state index in [1.54, 1.807) is 23.1 Å². The lowest BCUT2D eigenvalue weighted by atomic mass is 9.87. The minimum Gasteiger partial charge on any atom is -0.322 e. The minimum atomic E-state index is -0.390. The lowest BCUT2D eigenvalue weighted by Gasteiger charge is -2.24. The standard InChI is InChI=1S/C18H18F2N2O/c19-13-5-3-12(4-6-13)15-2-1-9-22(18(23)11-21)17-10-14(20)7-8-16(15)17/h3-8,10,15H,1-2,9,11,21H2. The zero-order valence-electron chi connectivity index (χ0n) is 12.6. The Morgan fingerprint density at radius 1 is 1.13 bits per heavy atom. The third-order valence-corrected chi connectivity index (χ3v) is 4.28. The summed E-state index contributed by atoms with van der Waals surface area (Å²) in [6.07, 6.45) is 1.57. The number of halogens is 2. The maximum atomic E-state index is 13.7. The molecule has 1 heterocycles. The molecule has 0 saturated carbocycles. The average molecular weight is 316 g/mol. The molecular weight excluding hydrogens is 298 g/mol. The normalized spacial score (nSPS) is 17.5. The van der Waals surface area contributed by atoms with Gasteiger partial charge in [-0.1, -0.05) is 18.2 Å². The van der Waals surface area contributed by atoms with Gasteiger partial charge < -0.3 is 10.6 Å². The van der Waals surface area contributed by atoms with E-state index in [1.165, 1.54) is 24.3 Å². The number of amides is 1. The number of anilines is 1. The van der Waals surface area contributed by atoms with Gasteiger partial charge in [0, 0.05) is 12.5 Å². The second-order valence-corrected chi connectivity index (χ2v) is 5.70. The Hall–Kier alpha value is -2.27. The van der Waals surface area contributed by atoms with Crippen molar-refractivity contribution in [1.82, 2.24) is 0 Å². The monoisotopic (exact) mass is 316 g/mol. The van der Waals surface area contributed by atoms with Crippen LogP contribution in [0.1, 0.15) is 29.9 Å². The van der Waals surface area contributed by atoms with E-state index in [2.05, 4.69) is 0 Å². The number of carbonyl (C=O) groups is 1. The third-order valence-electron chi connectivity index (χ3n) is 4.28. The summed E-state index contributed by atoms with van der Waals surface area (Å²) >= 11 is 0. The number of fused-ring (bicyclic) bond motifs is 1. The van der Waals surface area contributed by atoms with Crippen LogP contribution in [0, 0.1) is 11.6 Å². The van der Waals surface area contributed by atoms with Crippen LogP contribution in [-0.2, 0) is 4.79 Å².